The molecule has 0 heterocycles. The maximum atomic E-state index is 12.3. The molecular formula is C22H29N2O7P. The summed E-state index contributed by atoms with van der Waals surface area (Å²) in [5.41, 5.74) is 6.68. The summed E-state index contributed by atoms with van der Waals surface area (Å²) >= 11 is 0. The van der Waals surface area contributed by atoms with E-state index in [2.05, 4.69) is 23.7 Å². The van der Waals surface area contributed by atoms with Gasteiger partial charge in [-0.1, -0.05) is 26.3 Å². The number of nitrogens with one attached hydrogen (secondary N) is 1. The lowest BCUT2D eigenvalue weighted by Gasteiger charge is -2.13. The summed E-state index contributed by atoms with van der Waals surface area (Å²) in [6, 6.07) is 10.3. The average Bonchev–Trinajstić information content (AvgIpc) is 2.74. The highest BCUT2D eigenvalue weighted by Crippen LogP contribution is 2.37. The van der Waals surface area contributed by atoms with E-state index in [0.717, 1.165) is 19.3 Å². The van der Waals surface area contributed by atoms with Crippen LogP contribution in [0.25, 0.3) is 0 Å². The van der Waals surface area contributed by atoms with Gasteiger partial charge in [0.25, 0.3) is 11.8 Å². The number of phosphoric ester groups is 1. The van der Waals surface area contributed by atoms with Crippen LogP contribution in [0.2, 0.25) is 0 Å². The normalized spacial score (nSPS) is 12.1. The number of benzene rings is 2. The predicted octanol–water partition coefficient (Wildman–Crippen LogP) is 3.39. The van der Waals surface area contributed by atoms with Crippen LogP contribution in [-0.2, 0) is 11.1 Å². The summed E-state index contributed by atoms with van der Waals surface area (Å²) in [6.45, 7) is 4.96. The first-order valence-electron chi connectivity index (χ1n) is 10.3. The first-order chi connectivity index (χ1) is 15.1. The Labute approximate surface area is 187 Å². The van der Waals surface area contributed by atoms with Crippen molar-refractivity contribution in [3.63, 3.8) is 0 Å². The molecule has 1 unspecified atom stereocenters. The number of carbonyl (C=O) groups is 2. The molecule has 0 saturated carbocycles. The minimum absolute atomic E-state index is 0.0549. The molecule has 0 aliphatic carbocycles. The molecule has 2 amide bonds. The second-order valence-electron chi connectivity index (χ2n) is 7.49. The second-order valence-corrected chi connectivity index (χ2v) is 8.65. The maximum absolute atomic E-state index is 12.3. The van der Waals surface area contributed by atoms with Gasteiger partial charge in [-0.05, 0) is 60.7 Å². The highest BCUT2D eigenvalue weighted by molar-refractivity contribution is 7.46. The van der Waals surface area contributed by atoms with Gasteiger partial charge in [-0.3, -0.25) is 19.4 Å². The molecule has 2 rings (SSSR count). The van der Waals surface area contributed by atoms with E-state index in [0.29, 0.717) is 23.8 Å². The summed E-state index contributed by atoms with van der Waals surface area (Å²) in [5.74, 6) is -0.0393. The van der Waals surface area contributed by atoms with E-state index in [1.54, 1.807) is 18.2 Å². The average molecular weight is 464 g/mol. The van der Waals surface area contributed by atoms with Gasteiger partial charge in [0.2, 0.25) is 0 Å². The van der Waals surface area contributed by atoms with Crippen molar-refractivity contribution >= 4 is 19.6 Å². The number of phosphoric acid groups is 1. The van der Waals surface area contributed by atoms with E-state index in [-0.39, 0.29) is 23.4 Å². The third-order valence-corrected chi connectivity index (χ3v) is 5.35. The first-order valence-corrected chi connectivity index (χ1v) is 11.8. The van der Waals surface area contributed by atoms with Crippen LogP contribution in [0.1, 0.15) is 59.4 Å². The molecule has 32 heavy (non-hydrogen) atoms. The van der Waals surface area contributed by atoms with Gasteiger partial charge < -0.3 is 20.3 Å². The number of carbonyl (C=O) groups excluding carboxylic acids is 2. The fraction of sp³-hybridized carbons (Fsp3) is 0.364. The van der Waals surface area contributed by atoms with Gasteiger partial charge in [0.05, 0.1) is 12.2 Å². The van der Waals surface area contributed by atoms with Crippen molar-refractivity contribution in [1.82, 2.24) is 5.32 Å². The van der Waals surface area contributed by atoms with Crippen LogP contribution in [0, 0.1) is 5.92 Å². The van der Waals surface area contributed by atoms with Crippen molar-refractivity contribution in [2.24, 2.45) is 11.7 Å². The molecule has 0 fully saturated rings. The lowest BCUT2D eigenvalue weighted by atomic mass is 10.0. The van der Waals surface area contributed by atoms with Crippen LogP contribution in [0.5, 0.6) is 11.5 Å². The van der Waals surface area contributed by atoms with Gasteiger partial charge in [-0.15, -0.1) is 0 Å². The Kier molecular flexibility index (Phi) is 9.26. The van der Waals surface area contributed by atoms with Crippen molar-refractivity contribution in [3.05, 3.63) is 59.2 Å². The minimum Gasteiger partial charge on any atom is -0.493 e. The highest BCUT2D eigenvalue weighted by atomic mass is 31.2. The van der Waals surface area contributed by atoms with Crippen LogP contribution in [0.15, 0.2) is 42.5 Å². The van der Waals surface area contributed by atoms with Gasteiger partial charge in [0, 0.05) is 12.1 Å². The molecule has 9 nitrogen and oxygen atoms in total. The van der Waals surface area contributed by atoms with E-state index in [4.69, 9.17) is 20.3 Å². The van der Waals surface area contributed by atoms with Gasteiger partial charge in [0.15, 0.2) is 0 Å². The van der Waals surface area contributed by atoms with Gasteiger partial charge >= 0.3 is 7.82 Å². The summed E-state index contributed by atoms with van der Waals surface area (Å²) in [5, 5.41) is 2.71. The standard InChI is InChI=1S/C22H29N2O7P/c1-3-15(2)5-4-12-30-20-11-6-16(13-19(20)21(23)25)14-24-22(26)17-7-9-18(10-8-17)31-32(27,28)29/h6-11,13,15H,3-5,12,14H2,1-2H3,(H2,23,25)(H,24,26)(H2,27,28,29). The Morgan fingerprint density at radius 2 is 1.84 bits per heavy atom. The zero-order valence-corrected chi connectivity index (χ0v) is 19.0. The minimum atomic E-state index is -4.66. The van der Waals surface area contributed by atoms with Crippen molar-refractivity contribution in [2.75, 3.05) is 6.61 Å². The Morgan fingerprint density at radius 3 is 2.44 bits per heavy atom. The molecule has 2 aromatic carbocycles. The Morgan fingerprint density at radius 1 is 1.16 bits per heavy atom. The molecule has 0 aliphatic heterocycles. The van der Waals surface area contributed by atoms with E-state index in [9.17, 15) is 14.2 Å². The van der Waals surface area contributed by atoms with Crippen LogP contribution in [0.4, 0.5) is 0 Å². The van der Waals surface area contributed by atoms with Crippen LogP contribution < -0.4 is 20.3 Å². The topological polar surface area (TPSA) is 148 Å². The lowest BCUT2D eigenvalue weighted by Crippen LogP contribution is -2.23. The summed E-state index contributed by atoms with van der Waals surface area (Å²) < 4.78 is 21.0. The fourth-order valence-electron chi connectivity index (χ4n) is 2.91. The zero-order chi connectivity index (χ0) is 23.7. The van der Waals surface area contributed by atoms with Crippen molar-refractivity contribution < 1.29 is 33.2 Å². The Hall–Kier alpha value is -2.87. The molecule has 174 valence electrons. The van der Waals surface area contributed by atoms with Crippen LogP contribution in [0.3, 0.4) is 0 Å². The van der Waals surface area contributed by atoms with Crippen molar-refractivity contribution in [2.45, 2.75) is 39.7 Å². The summed E-state index contributed by atoms with van der Waals surface area (Å²) in [4.78, 5) is 41.8. The molecule has 10 heteroatoms. The molecule has 0 radical (unpaired) electrons. The molecule has 0 bridgehead atoms. The quantitative estimate of drug-likeness (QED) is 0.278. The Bertz CT molecular complexity index is 973. The SMILES string of the molecule is CCC(C)CCCOc1ccc(CNC(=O)c2ccc(OP(=O)(O)O)cc2)cc1C(N)=O. The fourth-order valence-corrected chi connectivity index (χ4v) is 3.31. The number of amides is 2. The third-order valence-electron chi connectivity index (χ3n) is 4.90. The first kappa shape index (κ1) is 25.4. The highest BCUT2D eigenvalue weighted by Gasteiger charge is 2.16. The van der Waals surface area contributed by atoms with Gasteiger partial charge in [0.1, 0.15) is 11.5 Å². The molecule has 1 atom stereocenters. The van der Waals surface area contributed by atoms with E-state index < -0.39 is 19.6 Å². The molecule has 0 aromatic heterocycles. The van der Waals surface area contributed by atoms with Crippen molar-refractivity contribution in [1.29, 1.82) is 0 Å². The van der Waals surface area contributed by atoms with Gasteiger partial charge in [-0.25, -0.2) is 4.57 Å². The number of rotatable bonds is 12. The largest absolute Gasteiger partial charge is 0.524 e. The maximum Gasteiger partial charge on any atom is 0.524 e. The number of hydrogen-bond acceptors (Lipinski definition) is 5. The van der Waals surface area contributed by atoms with Crippen LogP contribution >= 0.6 is 7.82 Å². The molecule has 5 N–H and O–H groups in total. The lowest BCUT2D eigenvalue weighted by molar-refractivity contribution is 0.0950. The monoisotopic (exact) mass is 464 g/mol. The van der Waals surface area contributed by atoms with E-state index in [1.807, 2.05) is 0 Å². The number of primary amides is 1. The smallest absolute Gasteiger partial charge is 0.493 e. The summed E-state index contributed by atoms with van der Waals surface area (Å²) in [7, 11) is -4.66. The predicted molar refractivity (Wildman–Crippen MR) is 119 cm³/mol. The second kappa shape index (κ2) is 11.7. The van der Waals surface area contributed by atoms with Gasteiger partial charge in [-0.2, -0.15) is 0 Å². The van der Waals surface area contributed by atoms with E-state index in [1.165, 1.54) is 24.3 Å². The van der Waals surface area contributed by atoms with Crippen molar-refractivity contribution in [3.8, 4) is 11.5 Å². The molecule has 2 aromatic rings. The molecular weight excluding hydrogens is 435 g/mol. The molecule has 0 aliphatic rings. The van der Waals surface area contributed by atoms with Crippen LogP contribution in [-0.4, -0.2) is 28.2 Å². The number of ether oxygens (including phenoxy) is 1. The Balaban J connectivity index is 1.96. The third kappa shape index (κ3) is 8.34. The zero-order valence-electron chi connectivity index (χ0n) is 18.1. The number of nitrogens with two attached hydrogens (primary N) is 1. The van der Waals surface area contributed by atoms with E-state index >= 15 is 0 Å². The number of hydrogen-bond donors (Lipinski definition) is 4. The molecule has 0 saturated heterocycles. The molecule has 0 spiro atoms. The summed E-state index contributed by atoms with van der Waals surface area (Å²) in [6.07, 6.45) is 3.03.